The predicted molar refractivity (Wildman–Crippen MR) is 107 cm³/mol. The molecule has 0 aliphatic rings. The van der Waals surface area contributed by atoms with Gasteiger partial charge in [0.1, 0.15) is 5.69 Å². The van der Waals surface area contributed by atoms with Gasteiger partial charge in [0.25, 0.3) is 5.91 Å². The van der Waals surface area contributed by atoms with Crippen molar-refractivity contribution in [2.24, 2.45) is 7.05 Å². The number of para-hydroxylation sites is 1. The van der Waals surface area contributed by atoms with E-state index in [4.69, 9.17) is 4.98 Å². The zero-order chi connectivity index (χ0) is 18.7. The van der Waals surface area contributed by atoms with E-state index >= 15 is 0 Å². The van der Waals surface area contributed by atoms with Gasteiger partial charge in [-0.3, -0.25) is 14.4 Å². The lowest BCUT2D eigenvalue weighted by atomic mass is 10.2. The van der Waals surface area contributed by atoms with Crippen LogP contribution in [-0.4, -0.2) is 51.8 Å². The first-order chi connectivity index (χ1) is 12.5. The highest BCUT2D eigenvalue weighted by Crippen LogP contribution is 2.29. The maximum absolute atomic E-state index is 13.3. The van der Waals surface area contributed by atoms with Crippen LogP contribution in [0.3, 0.4) is 0 Å². The fourth-order valence-corrected chi connectivity index (χ4v) is 4.01. The van der Waals surface area contributed by atoms with Crippen molar-refractivity contribution in [3.05, 3.63) is 41.7 Å². The molecule has 0 radical (unpaired) electrons. The van der Waals surface area contributed by atoms with Crippen LogP contribution in [0.1, 0.15) is 29.9 Å². The number of aryl methyl sites for hydroxylation is 2. The standard InChI is InChI=1S/C19H25N5OS/c1-5-23(6-2)11-12-24(18(25)17-14(3)13-20-22(17)4)19-21-15-9-7-8-10-16(15)26-19/h7-10,13H,5-6,11-12H2,1-4H3. The van der Waals surface area contributed by atoms with Gasteiger partial charge in [-0.25, -0.2) is 4.98 Å². The average molecular weight is 372 g/mol. The first-order valence-electron chi connectivity index (χ1n) is 8.93. The second kappa shape index (κ2) is 7.97. The Morgan fingerprint density at radius 2 is 1.92 bits per heavy atom. The molecular formula is C19H25N5OS. The van der Waals surface area contributed by atoms with Crippen LogP contribution in [0.4, 0.5) is 5.13 Å². The molecule has 0 fully saturated rings. The topological polar surface area (TPSA) is 54.3 Å². The van der Waals surface area contributed by atoms with Crippen LogP contribution in [0, 0.1) is 6.92 Å². The molecule has 1 aromatic carbocycles. The van der Waals surface area contributed by atoms with Crippen LogP contribution in [0.5, 0.6) is 0 Å². The van der Waals surface area contributed by atoms with Gasteiger partial charge in [0.15, 0.2) is 5.13 Å². The van der Waals surface area contributed by atoms with Gasteiger partial charge >= 0.3 is 0 Å². The van der Waals surface area contributed by atoms with E-state index in [9.17, 15) is 4.79 Å². The molecule has 0 atom stereocenters. The number of nitrogens with zero attached hydrogens (tertiary/aromatic N) is 5. The van der Waals surface area contributed by atoms with E-state index in [1.165, 1.54) is 0 Å². The van der Waals surface area contributed by atoms with E-state index in [1.807, 2.05) is 31.2 Å². The molecule has 0 saturated carbocycles. The molecule has 138 valence electrons. The van der Waals surface area contributed by atoms with Crippen molar-refractivity contribution in [2.45, 2.75) is 20.8 Å². The zero-order valence-corrected chi connectivity index (χ0v) is 16.6. The molecular weight excluding hydrogens is 346 g/mol. The largest absolute Gasteiger partial charge is 0.302 e. The summed E-state index contributed by atoms with van der Waals surface area (Å²) in [7, 11) is 1.81. The Morgan fingerprint density at radius 3 is 2.54 bits per heavy atom. The number of likely N-dealkylation sites (N-methyl/N-ethyl adjacent to an activating group) is 1. The molecule has 0 spiro atoms. The predicted octanol–water partition coefficient (Wildman–Crippen LogP) is 3.33. The molecule has 2 heterocycles. The summed E-state index contributed by atoms with van der Waals surface area (Å²) in [4.78, 5) is 22.1. The molecule has 3 aromatic rings. The van der Waals surface area contributed by atoms with Gasteiger partial charge in [-0.1, -0.05) is 37.3 Å². The van der Waals surface area contributed by atoms with Crippen molar-refractivity contribution in [1.29, 1.82) is 0 Å². The minimum Gasteiger partial charge on any atom is -0.302 e. The Kier molecular flexibility index (Phi) is 5.68. The average Bonchev–Trinajstić information content (AvgIpc) is 3.21. The molecule has 0 bridgehead atoms. The number of hydrogen-bond donors (Lipinski definition) is 0. The number of carbonyl (C=O) groups is 1. The number of aromatic nitrogens is 3. The van der Waals surface area contributed by atoms with Crippen molar-refractivity contribution in [3.8, 4) is 0 Å². The SMILES string of the molecule is CCN(CC)CCN(C(=O)c1c(C)cnn1C)c1nc2ccccc2s1. The third-order valence-electron chi connectivity index (χ3n) is 4.62. The van der Waals surface area contributed by atoms with Crippen molar-refractivity contribution in [2.75, 3.05) is 31.1 Å². The third kappa shape index (κ3) is 3.64. The minimum absolute atomic E-state index is 0.0475. The number of carbonyl (C=O) groups excluding carboxylic acids is 1. The molecule has 1 amide bonds. The number of thiazole rings is 1. The van der Waals surface area contributed by atoms with E-state index in [1.54, 1.807) is 34.2 Å². The Labute approximate surface area is 158 Å². The molecule has 0 N–H and O–H groups in total. The number of benzene rings is 1. The van der Waals surface area contributed by atoms with Crippen LogP contribution in [0.25, 0.3) is 10.2 Å². The Balaban J connectivity index is 1.97. The van der Waals surface area contributed by atoms with Crippen molar-refractivity contribution in [1.82, 2.24) is 19.7 Å². The fraction of sp³-hybridized carbons (Fsp3) is 0.421. The first-order valence-corrected chi connectivity index (χ1v) is 9.75. The number of fused-ring (bicyclic) bond motifs is 1. The van der Waals surface area contributed by atoms with Gasteiger partial charge in [0.2, 0.25) is 0 Å². The van der Waals surface area contributed by atoms with Crippen LogP contribution in [-0.2, 0) is 7.05 Å². The van der Waals surface area contributed by atoms with Crippen LogP contribution < -0.4 is 4.90 Å². The third-order valence-corrected chi connectivity index (χ3v) is 5.68. The van der Waals surface area contributed by atoms with E-state index in [-0.39, 0.29) is 5.91 Å². The van der Waals surface area contributed by atoms with Gasteiger partial charge in [-0.05, 0) is 37.7 Å². The molecule has 0 aliphatic carbocycles. The van der Waals surface area contributed by atoms with Gasteiger partial charge in [-0.2, -0.15) is 5.10 Å². The lowest BCUT2D eigenvalue weighted by molar-refractivity contribution is 0.0974. The van der Waals surface area contributed by atoms with Gasteiger partial charge < -0.3 is 4.90 Å². The summed E-state index contributed by atoms with van der Waals surface area (Å²) in [6.45, 7) is 9.53. The summed E-state index contributed by atoms with van der Waals surface area (Å²) >= 11 is 1.56. The normalized spacial score (nSPS) is 11.4. The lowest BCUT2D eigenvalue weighted by Crippen LogP contribution is -2.39. The van der Waals surface area contributed by atoms with Crippen LogP contribution >= 0.6 is 11.3 Å². The summed E-state index contributed by atoms with van der Waals surface area (Å²) in [5, 5.41) is 4.97. The van der Waals surface area contributed by atoms with E-state index in [0.29, 0.717) is 12.2 Å². The summed E-state index contributed by atoms with van der Waals surface area (Å²) in [5.41, 5.74) is 2.42. The number of rotatable bonds is 7. The zero-order valence-electron chi connectivity index (χ0n) is 15.8. The Morgan fingerprint density at radius 1 is 1.19 bits per heavy atom. The maximum atomic E-state index is 13.3. The van der Waals surface area contributed by atoms with E-state index < -0.39 is 0 Å². The van der Waals surface area contributed by atoms with E-state index in [2.05, 4.69) is 23.8 Å². The second-order valence-electron chi connectivity index (χ2n) is 6.25. The second-order valence-corrected chi connectivity index (χ2v) is 7.26. The van der Waals surface area contributed by atoms with Crippen molar-refractivity contribution < 1.29 is 4.79 Å². The van der Waals surface area contributed by atoms with Gasteiger partial charge in [0, 0.05) is 20.1 Å². The molecule has 0 saturated heterocycles. The summed E-state index contributed by atoms with van der Waals surface area (Å²) in [5.74, 6) is -0.0475. The molecule has 0 unspecified atom stereocenters. The monoisotopic (exact) mass is 371 g/mol. The molecule has 0 aliphatic heterocycles. The van der Waals surface area contributed by atoms with Crippen LogP contribution in [0.15, 0.2) is 30.5 Å². The number of anilines is 1. The minimum atomic E-state index is -0.0475. The molecule has 7 heteroatoms. The molecule has 6 nitrogen and oxygen atoms in total. The van der Waals surface area contributed by atoms with Gasteiger partial charge in [0.05, 0.1) is 16.4 Å². The van der Waals surface area contributed by atoms with Crippen LogP contribution in [0.2, 0.25) is 0 Å². The highest BCUT2D eigenvalue weighted by Gasteiger charge is 2.25. The fourth-order valence-electron chi connectivity index (χ4n) is 3.02. The number of hydrogen-bond acceptors (Lipinski definition) is 5. The van der Waals surface area contributed by atoms with Crippen molar-refractivity contribution in [3.63, 3.8) is 0 Å². The molecule has 3 rings (SSSR count). The number of amides is 1. The summed E-state index contributed by atoms with van der Waals surface area (Å²) < 4.78 is 2.74. The Hall–Kier alpha value is -2.25. The smallest absolute Gasteiger partial charge is 0.278 e. The first kappa shape index (κ1) is 18.5. The summed E-state index contributed by atoms with van der Waals surface area (Å²) in [6.07, 6.45) is 1.73. The molecule has 26 heavy (non-hydrogen) atoms. The Bertz CT molecular complexity index is 844. The lowest BCUT2D eigenvalue weighted by Gasteiger charge is -2.25. The summed E-state index contributed by atoms with van der Waals surface area (Å²) in [6, 6.07) is 7.99. The highest BCUT2D eigenvalue weighted by atomic mass is 32.1. The quantitative estimate of drug-likeness (QED) is 0.639. The maximum Gasteiger partial charge on any atom is 0.278 e. The van der Waals surface area contributed by atoms with E-state index in [0.717, 1.165) is 40.5 Å². The highest BCUT2D eigenvalue weighted by molar-refractivity contribution is 7.22. The van der Waals surface area contributed by atoms with Crippen molar-refractivity contribution >= 4 is 32.6 Å². The molecule has 2 aromatic heterocycles. The van der Waals surface area contributed by atoms with Gasteiger partial charge in [-0.15, -0.1) is 0 Å².